The zero-order chi connectivity index (χ0) is 15.4. The highest BCUT2D eigenvalue weighted by atomic mass is 19.1. The van der Waals surface area contributed by atoms with Gasteiger partial charge in [-0.15, -0.1) is 0 Å². The van der Waals surface area contributed by atoms with E-state index in [-0.39, 0.29) is 18.2 Å². The van der Waals surface area contributed by atoms with Crippen LogP contribution >= 0.6 is 0 Å². The van der Waals surface area contributed by atoms with Crippen LogP contribution in [0.2, 0.25) is 0 Å². The number of halogens is 1. The predicted molar refractivity (Wildman–Crippen MR) is 84.3 cm³/mol. The molecule has 3 aromatic carbocycles. The maximum atomic E-state index is 13.8. The Bertz CT molecular complexity index is 797. The van der Waals surface area contributed by atoms with Gasteiger partial charge >= 0.3 is 0 Å². The van der Waals surface area contributed by atoms with Crippen LogP contribution in [0.1, 0.15) is 15.9 Å². The van der Waals surface area contributed by atoms with E-state index in [1.165, 1.54) is 12.1 Å². The fourth-order valence-corrected chi connectivity index (χ4v) is 2.42. The van der Waals surface area contributed by atoms with Crippen LogP contribution in [-0.2, 0) is 11.3 Å². The van der Waals surface area contributed by atoms with Crippen molar-refractivity contribution in [2.75, 3.05) is 6.61 Å². The van der Waals surface area contributed by atoms with E-state index in [4.69, 9.17) is 4.74 Å². The van der Waals surface area contributed by atoms with Gasteiger partial charge in [0.05, 0.1) is 6.61 Å². The van der Waals surface area contributed by atoms with E-state index < -0.39 is 0 Å². The van der Waals surface area contributed by atoms with Crippen molar-refractivity contribution in [2.45, 2.75) is 6.61 Å². The summed E-state index contributed by atoms with van der Waals surface area (Å²) in [6.45, 7) is 0.357. The third-order valence-corrected chi connectivity index (χ3v) is 3.52. The summed E-state index contributed by atoms with van der Waals surface area (Å²) in [5, 5.41) is 1.08. The van der Waals surface area contributed by atoms with E-state index in [0.717, 1.165) is 5.56 Å². The van der Waals surface area contributed by atoms with Crippen LogP contribution in [0.4, 0.5) is 4.39 Å². The van der Waals surface area contributed by atoms with Crippen molar-refractivity contribution in [1.82, 2.24) is 0 Å². The van der Waals surface area contributed by atoms with E-state index in [1.54, 1.807) is 24.3 Å². The molecule has 0 atom stereocenters. The molecule has 0 aliphatic carbocycles. The van der Waals surface area contributed by atoms with E-state index in [1.807, 2.05) is 30.3 Å². The Morgan fingerprint density at radius 3 is 2.32 bits per heavy atom. The maximum Gasteiger partial charge on any atom is 0.189 e. The van der Waals surface area contributed by atoms with E-state index in [9.17, 15) is 9.18 Å². The third kappa shape index (κ3) is 3.05. The lowest BCUT2D eigenvalue weighted by molar-refractivity contribution is 0.0728. The molecule has 0 N–H and O–H groups in total. The lowest BCUT2D eigenvalue weighted by atomic mass is 10.0. The molecule has 110 valence electrons. The van der Waals surface area contributed by atoms with Crippen LogP contribution < -0.4 is 0 Å². The SMILES string of the molecule is O=C(COCc1ccccc1)c1ccc(F)c2ccccc12. The molecule has 0 unspecified atom stereocenters. The molecular weight excluding hydrogens is 279 g/mol. The Balaban J connectivity index is 1.74. The molecular formula is C19H15FO2. The van der Waals surface area contributed by atoms with Crippen LogP contribution in [-0.4, -0.2) is 12.4 Å². The molecule has 3 aromatic rings. The van der Waals surface area contributed by atoms with Gasteiger partial charge in [-0.3, -0.25) is 4.79 Å². The number of fused-ring (bicyclic) bond motifs is 1. The zero-order valence-corrected chi connectivity index (χ0v) is 12.0. The van der Waals surface area contributed by atoms with Gasteiger partial charge in [0.15, 0.2) is 5.78 Å². The van der Waals surface area contributed by atoms with Crippen molar-refractivity contribution in [3.8, 4) is 0 Å². The second-order valence-electron chi connectivity index (χ2n) is 5.04. The van der Waals surface area contributed by atoms with Gasteiger partial charge < -0.3 is 4.74 Å². The second-order valence-corrected chi connectivity index (χ2v) is 5.04. The van der Waals surface area contributed by atoms with Crippen molar-refractivity contribution in [1.29, 1.82) is 0 Å². The predicted octanol–water partition coefficient (Wildman–Crippen LogP) is 4.38. The minimum Gasteiger partial charge on any atom is -0.369 e. The Kier molecular flexibility index (Phi) is 4.26. The van der Waals surface area contributed by atoms with Crippen LogP contribution in [0.3, 0.4) is 0 Å². The van der Waals surface area contributed by atoms with Gasteiger partial charge in [0.25, 0.3) is 0 Å². The molecule has 0 fully saturated rings. The molecule has 0 aliphatic heterocycles. The summed E-state index contributed by atoms with van der Waals surface area (Å²) >= 11 is 0. The molecule has 3 rings (SSSR count). The number of hydrogen-bond acceptors (Lipinski definition) is 2. The molecule has 0 amide bonds. The number of carbonyl (C=O) groups is 1. The number of benzene rings is 3. The molecule has 0 saturated heterocycles. The summed E-state index contributed by atoms with van der Waals surface area (Å²) in [5.41, 5.74) is 1.50. The highest BCUT2D eigenvalue weighted by molar-refractivity contribution is 6.08. The first-order valence-electron chi connectivity index (χ1n) is 7.08. The Labute approximate surface area is 128 Å². The molecule has 0 radical (unpaired) electrons. The Morgan fingerprint density at radius 2 is 1.55 bits per heavy atom. The smallest absolute Gasteiger partial charge is 0.189 e. The summed E-state index contributed by atoms with van der Waals surface area (Å²) < 4.78 is 19.2. The van der Waals surface area contributed by atoms with Crippen LogP contribution in [0, 0.1) is 5.82 Å². The van der Waals surface area contributed by atoms with Gasteiger partial charge in [0.1, 0.15) is 12.4 Å². The molecule has 0 bridgehead atoms. The Morgan fingerprint density at radius 1 is 0.864 bits per heavy atom. The molecule has 3 heteroatoms. The van der Waals surface area contributed by atoms with Gasteiger partial charge in [-0.25, -0.2) is 4.39 Å². The van der Waals surface area contributed by atoms with Gasteiger partial charge in [-0.05, 0) is 23.1 Å². The van der Waals surface area contributed by atoms with Crippen LogP contribution in [0.15, 0.2) is 66.7 Å². The number of Topliss-reactive ketones (excluding diaryl/α,β-unsaturated/α-hetero) is 1. The Hall–Kier alpha value is -2.52. The summed E-state index contributed by atoms with van der Waals surface area (Å²) in [5.74, 6) is -0.468. The average Bonchev–Trinajstić information content (AvgIpc) is 2.56. The molecule has 0 heterocycles. The summed E-state index contributed by atoms with van der Waals surface area (Å²) in [6.07, 6.45) is 0. The second kappa shape index (κ2) is 6.50. The molecule has 22 heavy (non-hydrogen) atoms. The third-order valence-electron chi connectivity index (χ3n) is 3.52. The topological polar surface area (TPSA) is 26.3 Å². The highest BCUT2D eigenvalue weighted by Gasteiger charge is 2.12. The summed E-state index contributed by atoms with van der Waals surface area (Å²) in [4.78, 5) is 12.3. The van der Waals surface area contributed by atoms with Crippen molar-refractivity contribution >= 4 is 16.6 Å². The first-order chi connectivity index (χ1) is 10.8. The highest BCUT2D eigenvalue weighted by Crippen LogP contribution is 2.22. The fraction of sp³-hybridized carbons (Fsp3) is 0.105. The largest absolute Gasteiger partial charge is 0.369 e. The lowest BCUT2D eigenvalue weighted by Crippen LogP contribution is -2.10. The monoisotopic (exact) mass is 294 g/mol. The standard InChI is InChI=1S/C19H15FO2/c20-18-11-10-17(15-8-4-5-9-16(15)18)19(21)13-22-12-14-6-2-1-3-7-14/h1-11H,12-13H2. The van der Waals surface area contributed by atoms with Gasteiger partial charge in [0, 0.05) is 10.9 Å². The van der Waals surface area contributed by atoms with E-state index in [0.29, 0.717) is 22.9 Å². The molecule has 2 nitrogen and oxygen atoms in total. The van der Waals surface area contributed by atoms with E-state index in [2.05, 4.69) is 0 Å². The zero-order valence-electron chi connectivity index (χ0n) is 12.0. The number of hydrogen-bond donors (Lipinski definition) is 0. The number of carbonyl (C=O) groups excluding carboxylic acids is 1. The lowest BCUT2D eigenvalue weighted by Gasteiger charge is -2.07. The first kappa shape index (κ1) is 14.4. The first-order valence-corrected chi connectivity index (χ1v) is 7.08. The molecule has 0 aromatic heterocycles. The van der Waals surface area contributed by atoms with Crippen molar-refractivity contribution in [3.05, 3.63) is 83.7 Å². The van der Waals surface area contributed by atoms with Crippen LogP contribution in [0.25, 0.3) is 10.8 Å². The molecule has 0 saturated carbocycles. The maximum absolute atomic E-state index is 13.8. The summed E-state index contributed by atoms with van der Waals surface area (Å²) in [7, 11) is 0. The number of ether oxygens (including phenoxy) is 1. The van der Waals surface area contributed by atoms with Gasteiger partial charge in [-0.2, -0.15) is 0 Å². The van der Waals surface area contributed by atoms with Crippen LogP contribution in [0.5, 0.6) is 0 Å². The molecule has 0 aliphatic rings. The summed E-state index contributed by atoms with van der Waals surface area (Å²) in [6, 6.07) is 19.5. The van der Waals surface area contributed by atoms with Crippen molar-refractivity contribution in [2.24, 2.45) is 0 Å². The van der Waals surface area contributed by atoms with Gasteiger partial charge in [0.2, 0.25) is 0 Å². The fourth-order valence-electron chi connectivity index (χ4n) is 2.42. The van der Waals surface area contributed by atoms with Gasteiger partial charge in [-0.1, -0.05) is 54.6 Å². The van der Waals surface area contributed by atoms with Crippen molar-refractivity contribution in [3.63, 3.8) is 0 Å². The average molecular weight is 294 g/mol. The van der Waals surface area contributed by atoms with E-state index >= 15 is 0 Å². The number of ketones is 1. The van der Waals surface area contributed by atoms with Crippen molar-refractivity contribution < 1.29 is 13.9 Å². The minimum atomic E-state index is -0.322. The minimum absolute atomic E-state index is 0.0233. The normalized spacial score (nSPS) is 10.8. The quantitative estimate of drug-likeness (QED) is 0.653. The molecule has 0 spiro atoms. The number of rotatable bonds is 5.